The third-order valence-corrected chi connectivity index (χ3v) is 7.04. The Hall–Kier alpha value is -1.24. The number of amides is 2. The molecular weight excluding hydrogens is 414 g/mol. The van der Waals surface area contributed by atoms with E-state index in [2.05, 4.69) is 20.8 Å². The molecule has 0 spiro atoms. The predicted molar refractivity (Wildman–Crippen MR) is 126 cm³/mol. The summed E-state index contributed by atoms with van der Waals surface area (Å²) in [6, 6.07) is 0. The summed E-state index contributed by atoms with van der Waals surface area (Å²) in [5.74, 6) is 0. The summed E-state index contributed by atoms with van der Waals surface area (Å²) in [7, 11) is 0. The van der Waals surface area contributed by atoms with Crippen molar-refractivity contribution in [1.82, 2.24) is 4.90 Å². The Morgan fingerprint density at radius 1 is 0.935 bits per heavy atom. The maximum Gasteiger partial charge on any atom is 0.419 e. The van der Waals surface area contributed by atoms with Crippen LogP contribution in [0.5, 0.6) is 0 Å². The number of ether oxygens (including phenoxy) is 2. The summed E-state index contributed by atoms with van der Waals surface area (Å²) in [6.45, 7) is 19.2. The highest BCUT2D eigenvalue weighted by atomic mass is 32.2. The van der Waals surface area contributed by atoms with Gasteiger partial charge in [0.15, 0.2) is 5.12 Å². The maximum atomic E-state index is 12.8. The minimum atomic E-state index is -0.710. The van der Waals surface area contributed by atoms with Gasteiger partial charge in [-0.3, -0.25) is 4.79 Å². The molecule has 31 heavy (non-hydrogen) atoms. The molecule has 0 radical (unpaired) electrons. The Kier molecular flexibility index (Phi) is 9.09. The van der Waals surface area contributed by atoms with Crippen molar-refractivity contribution < 1.29 is 23.9 Å². The van der Waals surface area contributed by atoms with Gasteiger partial charge in [0.1, 0.15) is 11.2 Å². The first-order valence-electron chi connectivity index (χ1n) is 11.3. The molecule has 1 fully saturated rings. The summed E-state index contributed by atoms with van der Waals surface area (Å²) in [5, 5.41) is 0.395. The van der Waals surface area contributed by atoms with Gasteiger partial charge in [-0.05, 0) is 78.1 Å². The van der Waals surface area contributed by atoms with Crippen molar-refractivity contribution in [3.05, 3.63) is 0 Å². The van der Waals surface area contributed by atoms with E-state index in [-0.39, 0.29) is 27.7 Å². The lowest BCUT2D eigenvalue weighted by atomic mass is 9.62. The topological polar surface area (TPSA) is 72.9 Å². The summed E-state index contributed by atoms with van der Waals surface area (Å²) < 4.78 is 10.9. The fourth-order valence-electron chi connectivity index (χ4n) is 4.37. The van der Waals surface area contributed by atoms with Gasteiger partial charge in [-0.25, -0.2) is 14.5 Å². The molecule has 0 aromatic carbocycles. The van der Waals surface area contributed by atoms with E-state index in [0.717, 1.165) is 30.6 Å². The van der Waals surface area contributed by atoms with Crippen LogP contribution in [0.3, 0.4) is 0 Å². The number of imide groups is 1. The first-order valence-corrected chi connectivity index (χ1v) is 12.2. The highest BCUT2D eigenvalue weighted by Gasteiger charge is 2.51. The lowest BCUT2D eigenvalue weighted by molar-refractivity contribution is -0.109. The Balaban J connectivity index is 3.02. The van der Waals surface area contributed by atoms with Crippen LogP contribution in [0.1, 0.15) is 101 Å². The van der Waals surface area contributed by atoms with Gasteiger partial charge in [-0.2, -0.15) is 0 Å². The van der Waals surface area contributed by atoms with Gasteiger partial charge in [0.05, 0.1) is 0 Å². The molecule has 6 nitrogen and oxygen atoms in total. The number of hydrogen-bond acceptors (Lipinski definition) is 6. The molecule has 0 unspecified atom stereocenters. The normalized spacial score (nSPS) is 22.2. The van der Waals surface area contributed by atoms with Crippen LogP contribution in [-0.4, -0.2) is 45.2 Å². The molecular formula is C24H43NO5S. The number of carbonyl (C=O) groups is 3. The molecule has 2 atom stereocenters. The van der Waals surface area contributed by atoms with Gasteiger partial charge in [-0.15, -0.1) is 0 Å². The van der Waals surface area contributed by atoms with Crippen LogP contribution in [0.15, 0.2) is 0 Å². The lowest BCUT2D eigenvalue weighted by Gasteiger charge is -2.46. The van der Waals surface area contributed by atoms with E-state index < -0.39 is 23.4 Å². The minimum absolute atomic E-state index is 0.000711. The van der Waals surface area contributed by atoms with Crippen LogP contribution in [0, 0.1) is 10.8 Å². The van der Waals surface area contributed by atoms with Gasteiger partial charge in [0.25, 0.3) is 0 Å². The Bertz CT molecular complexity index is 628. The number of carbonyl (C=O) groups excluding carboxylic acids is 3. The second-order valence-electron chi connectivity index (χ2n) is 11.6. The first-order chi connectivity index (χ1) is 13.9. The van der Waals surface area contributed by atoms with Crippen molar-refractivity contribution in [3.8, 4) is 0 Å². The molecule has 2 amide bonds. The van der Waals surface area contributed by atoms with Crippen molar-refractivity contribution in [2.24, 2.45) is 10.8 Å². The zero-order chi connectivity index (χ0) is 24.3. The van der Waals surface area contributed by atoms with Crippen molar-refractivity contribution >= 4 is 29.1 Å². The Morgan fingerprint density at radius 2 is 1.42 bits per heavy atom. The fraction of sp³-hybridized carbons (Fsp3) is 0.875. The fourth-order valence-corrected chi connectivity index (χ4v) is 5.88. The number of hydrogen-bond donors (Lipinski definition) is 0. The van der Waals surface area contributed by atoms with Crippen molar-refractivity contribution in [3.63, 3.8) is 0 Å². The van der Waals surface area contributed by atoms with Crippen molar-refractivity contribution in [1.29, 1.82) is 0 Å². The molecule has 0 heterocycles. The van der Waals surface area contributed by atoms with E-state index in [4.69, 9.17) is 9.47 Å². The van der Waals surface area contributed by atoms with E-state index in [1.54, 1.807) is 48.5 Å². The monoisotopic (exact) mass is 457 g/mol. The molecule has 1 aliphatic carbocycles. The lowest BCUT2D eigenvalue weighted by Crippen LogP contribution is -2.45. The van der Waals surface area contributed by atoms with E-state index in [1.807, 2.05) is 0 Å². The molecule has 0 aromatic heterocycles. The summed E-state index contributed by atoms with van der Waals surface area (Å²) in [6.07, 6.45) is 3.22. The van der Waals surface area contributed by atoms with E-state index in [9.17, 15) is 14.4 Å². The van der Waals surface area contributed by atoms with Gasteiger partial charge in [-0.1, -0.05) is 39.0 Å². The average molecular weight is 458 g/mol. The summed E-state index contributed by atoms with van der Waals surface area (Å²) in [5.41, 5.74) is -1.45. The quantitative estimate of drug-likeness (QED) is 0.452. The molecule has 0 aromatic rings. The highest BCUT2D eigenvalue weighted by Crippen LogP contribution is 2.58. The zero-order valence-electron chi connectivity index (χ0n) is 21.2. The van der Waals surface area contributed by atoms with Crippen molar-refractivity contribution in [2.75, 3.05) is 6.54 Å². The third kappa shape index (κ3) is 8.32. The summed E-state index contributed by atoms with van der Waals surface area (Å²) in [4.78, 5) is 38.5. The van der Waals surface area contributed by atoms with Crippen molar-refractivity contribution in [2.45, 2.75) is 118 Å². The molecule has 7 heteroatoms. The number of nitrogens with zero attached hydrogens (tertiary/aromatic N) is 1. The van der Waals surface area contributed by atoms with E-state index in [1.165, 1.54) is 11.8 Å². The van der Waals surface area contributed by atoms with Crippen LogP contribution >= 0.6 is 11.8 Å². The van der Waals surface area contributed by atoms with Gasteiger partial charge >= 0.3 is 12.2 Å². The molecule has 0 N–H and O–H groups in total. The minimum Gasteiger partial charge on any atom is -0.443 e. The van der Waals surface area contributed by atoms with Crippen LogP contribution < -0.4 is 0 Å². The van der Waals surface area contributed by atoms with Gasteiger partial charge in [0.2, 0.25) is 0 Å². The van der Waals surface area contributed by atoms with Gasteiger partial charge < -0.3 is 9.47 Å². The molecule has 180 valence electrons. The SMILES string of the molecule is CC(=O)S[C@H]1CCC[C@@]1(CCCN(C(=O)OC(C)(C)C)C(=O)OC(C)(C)C)C(C)(C)C. The van der Waals surface area contributed by atoms with Crippen LogP contribution in [0.4, 0.5) is 9.59 Å². The maximum absolute atomic E-state index is 12.8. The number of rotatable bonds is 5. The molecule has 1 aliphatic rings. The molecule has 0 saturated heterocycles. The largest absolute Gasteiger partial charge is 0.443 e. The van der Waals surface area contributed by atoms with Crippen LogP contribution in [-0.2, 0) is 14.3 Å². The smallest absolute Gasteiger partial charge is 0.419 e. The summed E-state index contributed by atoms with van der Waals surface area (Å²) >= 11 is 1.45. The zero-order valence-corrected chi connectivity index (χ0v) is 22.0. The standard InChI is InChI=1S/C24H43NO5S/c1-17(26)31-18-13-11-14-24(18,21(2,3)4)15-12-16-25(19(27)29-22(5,6)7)20(28)30-23(8,9)10/h18H,11-16H2,1-10H3/t18-,24-/m0/s1. The second-order valence-corrected chi connectivity index (χ2v) is 13.0. The van der Waals surface area contributed by atoms with Crippen LogP contribution in [0.25, 0.3) is 0 Å². The first kappa shape index (κ1) is 27.8. The third-order valence-electron chi connectivity index (χ3n) is 5.74. The van der Waals surface area contributed by atoms with Crippen LogP contribution in [0.2, 0.25) is 0 Å². The Morgan fingerprint density at radius 3 is 1.81 bits per heavy atom. The van der Waals surface area contributed by atoms with E-state index >= 15 is 0 Å². The molecule has 0 bridgehead atoms. The number of thioether (sulfide) groups is 1. The molecule has 0 aliphatic heterocycles. The molecule has 1 rings (SSSR count). The average Bonchev–Trinajstić information content (AvgIpc) is 2.90. The molecule has 1 saturated carbocycles. The van der Waals surface area contributed by atoms with E-state index in [0.29, 0.717) is 6.42 Å². The predicted octanol–water partition coefficient (Wildman–Crippen LogP) is 6.80. The van der Waals surface area contributed by atoms with Gasteiger partial charge in [0, 0.05) is 18.7 Å². The Labute approximate surface area is 193 Å². The highest BCUT2D eigenvalue weighted by molar-refractivity contribution is 8.14. The second kappa shape index (κ2) is 10.1.